The molecule has 45 heavy (non-hydrogen) atoms. The van der Waals surface area contributed by atoms with Crippen molar-refractivity contribution in [3.05, 3.63) is 158 Å². The second-order valence-corrected chi connectivity index (χ2v) is 11.6. The number of nitro groups is 1. The second kappa shape index (κ2) is 14.7. The summed E-state index contributed by atoms with van der Waals surface area (Å²) in [6, 6.07) is 29.4. The van der Waals surface area contributed by atoms with Gasteiger partial charge in [0.05, 0.1) is 27.7 Å². The molecule has 0 saturated heterocycles. The zero-order chi connectivity index (χ0) is 31.8. The monoisotopic (exact) mass is 601 g/mol. The molecule has 0 amide bonds. The fraction of sp³-hybridized carbons (Fsp3) is 0.278. The Kier molecular flexibility index (Phi) is 10.3. The maximum absolute atomic E-state index is 12.1. The molecule has 5 aromatic rings. The van der Waals surface area contributed by atoms with E-state index in [1.807, 2.05) is 100 Å². The summed E-state index contributed by atoms with van der Waals surface area (Å²) in [6.07, 6.45) is 0. The van der Waals surface area contributed by atoms with Gasteiger partial charge in [-0.1, -0.05) is 30.3 Å². The van der Waals surface area contributed by atoms with Crippen LogP contribution in [-0.4, -0.2) is 34.7 Å². The van der Waals surface area contributed by atoms with E-state index in [4.69, 9.17) is 19.9 Å². The van der Waals surface area contributed by atoms with Gasteiger partial charge >= 0.3 is 0 Å². The number of benzene rings is 1. The number of aryl methyl sites for hydroxylation is 4. The summed E-state index contributed by atoms with van der Waals surface area (Å²) in [4.78, 5) is 35.2. The molecule has 0 aliphatic heterocycles. The molecule has 0 aliphatic rings. The third-order valence-electron chi connectivity index (χ3n) is 7.39. The van der Waals surface area contributed by atoms with E-state index in [2.05, 4.69) is 15.9 Å². The molecule has 0 bridgehead atoms. The summed E-state index contributed by atoms with van der Waals surface area (Å²) in [6.45, 7) is 11.2. The Bertz CT molecular complexity index is 1560. The molecule has 0 spiro atoms. The molecular weight excluding hydrogens is 562 g/mol. The van der Waals surface area contributed by atoms with Crippen molar-refractivity contribution in [1.29, 1.82) is 0 Å². The van der Waals surface area contributed by atoms with Gasteiger partial charge in [0.2, 0.25) is 0 Å². The van der Waals surface area contributed by atoms with Crippen LogP contribution in [0.5, 0.6) is 0 Å². The smallest absolute Gasteiger partial charge is 0.270 e. The Morgan fingerprint density at radius 2 is 0.822 bits per heavy atom. The summed E-state index contributed by atoms with van der Waals surface area (Å²) in [5, 5.41) is 12.1. The first-order chi connectivity index (χ1) is 21.7. The van der Waals surface area contributed by atoms with Gasteiger partial charge in [0.15, 0.2) is 0 Å². The van der Waals surface area contributed by atoms with Crippen LogP contribution in [0.1, 0.15) is 56.7 Å². The van der Waals surface area contributed by atoms with Crippen LogP contribution in [-0.2, 0) is 39.3 Å². The summed E-state index contributed by atoms with van der Waals surface area (Å²) in [5.41, 5.74) is 9.36. The average molecular weight is 602 g/mol. The van der Waals surface area contributed by atoms with Gasteiger partial charge in [-0.05, 0) is 87.4 Å². The standard InChI is InChI=1S/C36H39N7O2/c1-26-9-5-13-32(37-26)22-41(23-33-14-6-10-27(2)38-33)20-30-17-31(19-36(18-30)43(44)45)21-42(24-34-15-7-11-28(3)39-34)25-35-16-8-12-29(4)40-35/h5-19H,20-25H2,1-4H3. The lowest BCUT2D eigenvalue weighted by molar-refractivity contribution is -0.385. The average Bonchev–Trinajstić information content (AvgIpc) is 2.97. The van der Waals surface area contributed by atoms with Crippen molar-refractivity contribution in [3.63, 3.8) is 0 Å². The van der Waals surface area contributed by atoms with Crippen LogP contribution in [0.2, 0.25) is 0 Å². The van der Waals surface area contributed by atoms with E-state index in [0.29, 0.717) is 39.3 Å². The van der Waals surface area contributed by atoms with Gasteiger partial charge in [-0.25, -0.2) is 0 Å². The Hall–Kier alpha value is -4.86. The van der Waals surface area contributed by atoms with Crippen molar-refractivity contribution < 1.29 is 4.92 Å². The van der Waals surface area contributed by atoms with E-state index in [9.17, 15) is 10.1 Å². The summed E-state index contributed by atoms with van der Waals surface area (Å²) in [7, 11) is 0. The SMILES string of the molecule is Cc1cccc(CN(Cc2cc(CN(Cc3cccc(C)n3)Cc3cccc(C)n3)cc([N+](=O)[O-])c2)Cc2cccc(C)n2)n1. The van der Waals surface area contributed by atoms with Gasteiger partial charge in [-0.2, -0.15) is 0 Å². The molecule has 0 atom stereocenters. The molecule has 9 nitrogen and oxygen atoms in total. The molecule has 0 radical (unpaired) electrons. The van der Waals surface area contributed by atoms with Crippen molar-refractivity contribution in [2.45, 2.75) is 67.0 Å². The molecule has 0 fully saturated rings. The van der Waals surface area contributed by atoms with Crippen molar-refractivity contribution in [1.82, 2.24) is 29.7 Å². The highest BCUT2D eigenvalue weighted by molar-refractivity contribution is 5.39. The molecule has 0 aliphatic carbocycles. The number of hydrogen-bond acceptors (Lipinski definition) is 8. The highest BCUT2D eigenvalue weighted by Gasteiger charge is 2.18. The Morgan fingerprint density at radius 3 is 1.09 bits per heavy atom. The first-order valence-electron chi connectivity index (χ1n) is 15.1. The topological polar surface area (TPSA) is 101 Å². The van der Waals surface area contributed by atoms with Gasteiger partial charge in [-0.3, -0.25) is 39.9 Å². The van der Waals surface area contributed by atoms with Crippen LogP contribution < -0.4 is 0 Å². The number of nitrogens with zero attached hydrogens (tertiary/aromatic N) is 7. The van der Waals surface area contributed by atoms with Crippen molar-refractivity contribution in [3.8, 4) is 0 Å². The largest absolute Gasteiger partial charge is 0.287 e. The van der Waals surface area contributed by atoms with Crippen LogP contribution >= 0.6 is 0 Å². The maximum Gasteiger partial charge on any atom is 0.270 e. The molecule has 230 valence electrons. The predicted molar refractivity (Wildman–Crippen MR) is 175 cm³/mol. The lowest BCUT2D eigenvalue weighted by Crippen LogP contribution is -2.25. The molecule has 4 heterocycles. The predicted octanol–water partition coefficient (Wildman–Crippen LogP) is 6.81. The molecule has 5 rings (SSSR count). The Morgan fingerprint density at radius 1 is 0.511 bits per heavy atom. The summed E-state index contributed by atoms with van der Waals surface area (Å²) < 4.78 is 0. The number of non-ortho nitro benzene ring substituents is 1. The lowest BCUT2D eigenvalue weighted by Gasteiger charge is -2.24. The van der Waals surface area contributed by atoms with Gasteiger partial charge in [0.25, 0.3) is 5.69 Å². The number of hydrogen-bond donors (Lipinski definition) is 0. The molecule has 9 heteroatoms. The Balaban J connectivity index is 1.45. The first-order valence-corrected chi connectivity index (χ1v) is 15.1. The number of nitro benzene ring substituents is 1. The quantitative estimate of drug-likeness (QED) is 0.107. The van der Waals surface area contributed by atoms with Crippen molar-refractivity contribution in [2.24, 2.45) is 0 Å². The first kappa shape index (κ1) is 31.6. The third-order valence-corrected chi connectivity index (χ3v) is 7.39. The fourth-order valence-corrected chi connectivity index (χ4v) is 5.55. The van der Waals surface area contributed by atoms with Crippen LogP contribution in [0.25, 0.3) is 0 Å². The molecule has 4 aromatic heterocycles. The summed E-state index contributed by atoms with van der Waals surface area (Å²) in [5.74, 6) is 0. The molecule has 0 saturated carbocycles. The van der Waals surface area contributed by atoms with Crippen LogP contribution in [0.3, 0.4) is 0 Å². The van der Waals surface area contributed by atoms with Gasteiger partial charge in [0, 0.05) is 74.2 Å². The third kappa shape index (κ3) is 9.56. The van der Waals surface area contributed by atoms with E-state index in [1.54, 1.807) is 12.1 Å². The van der Waals surface area contributed by atoms with Crippen LogP contribution in [0.4, 0.5) is 5.69 Å². The number of aromatic nitrogens is 4. The van der Waals surface area contributed by atoms with E-state index < -0.39 is 0 Å². The van der Waals surface area contributed by atoms with E-state index in [0.717, 1.165) is 56.7 Å². The van der Waals surface area contributed by atoms with Crippen molar-refractivity contribution in [2.75, 3.05) is 0 Å². The van der Waals surface area contributed by atoms with E-state index in [1.165, 1.54) is 0 Å². The zero-order valence-electron chi connectivity index (χ0n) is 26.3. The van der Waals surface area contributed by atoms with Crippen LogP contribution in [0.15, 0.2) is 91.0 Å². The molecule has 0 unspecified atom stereocenters. The molecular formula is C36H39N7O2. The maximum atomic E-state index is 12.1. The van der Waals surface area contributed by atoms with Crippen molar-refractivity contribution >= 4 is 5.69 Å². The van der Waals surface area contributed by atoms with E-state index >= 15 is 0 Å². The van der Waals surface area contributed by atoms with Gasteiger partial charge < -0.3 is 0 Å². The highest BCUT2D eigenvalue weighted by atomic mass is 16.6. The Labute approximate surface area is 264 Å². The summed E-state index contributed by atoms with van der Waals surface area (Å²) >= 11 is 0. The fourth-order valence-electron chi connectivity index (χ4n) is 5.55. The second-order valence-electron chi connectivity index (χ2n) is 11.6. The zero-order valence-corrected chi connectivity index (χ0v) is 26.3. The van der Waals surface area contributed by atoms with E-state index in [-0.39, 0.29) is 10.6 Å². The van der Waals surface area contributed by atoms with Gasteiger partial charge in [-0.15, -0.1) is 0 Å². The minimum Gasteiger partial charge on any atom is -0.287 e. The van der Waals surface area contributed by atoms with Gasteiger partial charge in [0.1, 0.15) is 0 Å². The lowest BCUT2D eigenvalue weighted by atomic mass is 10.1. The van der Waals surface area contributed by atoms with Crippen LogP contribution in [0, 0.1) is 37.8 Å². The normalized spacial score (nSPS) is 11.3. The molecule has 0 N–H and O–H groups in total. The minimum absolute atomic E-state index is 0.0760. The highest BCUT2D eigenvalue weighted by Crippen LogP contribution is 2.23. The number of pyridine rings is 4. The molecule has 1 aromatic carbocycles. The number of rotatable bonds is 13. The minimum atomic E-state index is -0.309.